The lowest BCUT2D eigenvalue weighted by Gasteiger charge is -2.25. The molecule has 0 saturated heterocycles. The lowest BCUT2D eigenvalue weighted by Crippen LogP contribution is -2.37. The molecule has 0 unspecified atom stereocenters. The summed E-state index contributed by atoms with van der Waals surface area (Å²) >= 11 is 5.62. The van der Waals surface area contributed by atoms with Crippen molar-refractivity contribution >= 4 is 17.4 Å². The highest BCUT2D eigenvalue weighted by atomic mass is 35.5. The lowest BCUT2D eigenvalue weighted by molar-refractivity contribution is -0.127. The molecule has 0 heterocycles. The number of carbonyl (C=O) groups excluding carboxylic acids is 1. The van der Waals surface area contributed by atoms with E-state index in [1.807, 2.05) is 0 Å². The number of hydrogen-bond acceptors (Lipinski definition) is 2. The molecule has 98 valence electrons. The maximum atomic E-state index is 13.3. The van der Waals surface area contributed by atoms with Crippen molar-refractivity contribution in [1.82, 2.24) is 0 Å². The van der Waals surface area contributed by atoms with Crippen molar-refractivity contribution in [2.75, 3.05) is 6.54 Å². The number of rotatable bonds is 4. The van der Waals surface area contributed by atoms with Crippen molar-refractivity contribution in [3.05, 3.63) is 34.6 Å². The number of halogens is 2. The van der Waals surface area contributed by atoms with Gasteiger partial charge in [0.05, 0.1) is 5.02 Å². The Balaban J connectivity index is 2.13. The summed E-state index contributed by atoms with van der Waals surface area (Å²) < 4.78 is 13.3. The van der Waals surface area contributed by atoms with E-state index in [0.29, 0.717) is 12.1 Å². The summed E-state index contributed by atoms with van der Waals surface area (Å²) in [6.45, 7) is 0.391. The van der Waals surface area contributed by atoms with Crippen LogP contribution in [0.25, 0.3) is 0 Å². The molecule has 1 aromatic rings. The van der Waals surface area contributed by atoms with E-state index >= 15 is 0 Å². The van der Waals surface area contributed by atoms with Gasteiger partial charge in [0.1, 0.15) is 11.6 Å². The molecule has 1 fully saturated rings. The second kappa shape index (κ2) is 5.37. The van der Waals surface area contributed by atoms with Gasteiger partial charge >= 0.3 is 0 Å². The Morgan fingerprint density at radius 2 is 2.06 bits per heavy atom. The number of benzene rings is 1. The molecule has 1 aliphatic carbocycles. The van der Waals surface area contributed by atoms with E-state index in [4.69, 9.17) is 17.3 Å². The molecule has 0 spiro atoms. The van der Waals surface area contributed by atoms with Crippen molar-refractivity contribution in [2.24, 2.45) is 11.1 Å². The summed E-state index contributed by atoms with van der Waals surface area (Å²) in [5.74, 6) is -0.348. The Bertz CT molecular complexity index is 455. The largest absolute Gasteiger partial charge is 0.329 e. The van der Waals surface area contributed by atoms with E-state index in [0.717, 1.165) is 25.7 Å². The first-order chi connectivity index (χ1) is 8.57. The SMILES string of the molecule is NCC1(C(=O)Cc2ccc(Cl)c(F)c2)CCCC1. The standard InChI is InChI=1S/C14H17ClFNO/c15-11-4-3-10(7-12(11)16)8-13(18)14(9-17)5-1-2-6-14/h3-4,7H,1-2,5-6,8-9,17H2. The van der Waals surface area contributed by atoms with Crippen LogP contribution in [-0.4, -0.2) is 12.3 Å². The molecular formula is C14H17ClFNO. The number of nitrogens with two attached hydrogens (primary N) is 1. The topological polar surface area (TPSA) is 43.1 Å². The monoisotopic (exact) mass is 269 g/mol. The Morgan fingerprint density at radius 1 is 1.39 bits per heavy atom. The maximum Gasteiger partial charge on any atom is 0.144 e. The molecule has 0 aliphatic heterocycles. The maximum absolute atomic E-state index is 13.3. The molecule has 0 amide bonds. The molecular weight excluding hydrogens is 253 g/mol. The van der Waals surface area contributed by atoms with E-state index < -0.39 is 5.82 Å². The van der Waals surface area contributed by atoms with Gasteiger partial charge in [-0.15, -0.1) is 0 Å². The van der Waals surface area contributed by atoms with E-state index in [-0.39, 0.29) is 22.6 Å². The fraction of sp³-hybridized carbons (Fsp3) is 0.500. The summed E-state index contributed by atoms with van der Waals surface area (Å²) in [6.07, 6.45) is 4.07. The van der Waals surface area contributed by atoms with Crippen molar-refractivity contribution in [3.8, 4) is 0 Å². The second-order valence-corrected chi connectivity index (χ2v) is 5.45. The van der Waals surface area contributed by atoms with Gasteiger partial charge in [-0.1, -0.05) is 30.5 Å². The van der Waals surface area contributed by atoms with Gasteiger partial charge in [0.15, 0.2) is 0 Å². The molecule has 0 aromatic heterocycles. The first kappa shape index (κ1) is 13.5. The second-order valence-electron chi connectivity index (χ2n) is 5.04. The summed E-state index contributed by atoms with van der Waals surface area (Å²) in [5.41, 5.74) is 6.05. The van der Waals surface area contributed by atoms with E-state index in [1.54, 1.807) is 6.07 Å². The van der Waals surface area contributed by atoms with Gasteiger partial charge in [-0.25, -0.2) is 4.39 Å². The third-order valence-electron chi connectivity index (χ3n) is 3.89. The molecule has 0 radical (unpaired) electrons. The van der Waals surface area contributed by atoms with Crippen LogP contribution in [0.3, 0.4) is 0 Å². The van der Waals surface area contributed by atoms with Crippen LogP contribution in [0.1, 0.15) is 31.2 Å². The predicted molar refractivity (Wildman–Crippen MR) is 70.1 cm³/mol. The summed E-state index contributed by atoms with van der Waals surface area (Å²) in [5, 5.41) is 0.0839. The molecule has 2 N–H and O–H groups in total. The van der Waals surface area contributed by atoms with Crippen LogP contribution < -0.4 is 5.73 Å². The van der Waals surface area contributed by atoms with Crippen LogP contribution >= 0.6 is 11.6 Å². The van der Waals surface area contributed by atoms with Gasteiger partial charge in [-0.3, -0.25) is 4.79 Å². The average molecular weight is 270 g/mol. The van der Waals surface area contributed by atoms with Crippen molar-refractivity contribution in [2.45, 2.75) is 32.1 Å². The summed E-state index contributed by atoms with van der Waals surface area (Å²) in [7, 11) is 0. The molecule has 0 bridgehead atoms. The third kappa shape index (κ3) is 2.57. The van der Waals surface area contributed by atoms with Crippen LogP contribution in [0, 0.1) is 11.2 Å². The van der Waals surface area contributed by atoms with E-state index in [1.165, 1.54) is 12.1 Å². The van der Waals surface area contributed by atoms with Gasteiger partial charge in [-0.05, 0) is 30.5 Å². The minimum atomic E-state index is -0.477. The van der Waals surface area contributed by atoms with Crippen LogP contribution in [0.5, 0.6) is 0 Å². The molecule has 4 heteroatoms. The zero-order valence-corrected chi connectivity index (χ0v) is 11.0. The Labute approximate surface area is 111 Å². The van der Waals surface area contributed by atoms with Crippen LogP contribution in [0.4, 0.5) is 4.39 Å². The Kier molecular flexibility index (Phi) is 4.03. The molecule has 18 heavy (non-hydrogen) atoms. The molecule has 1 aromatic carbocycles. The number of carbonyl (C=O) groups is 1. The van der Waals surface area contributed by atoms with Crippen LogP contribution in [0.2, 0.25) is 5.02 Å². The molecule has 1 aliphatic rings. The molecule has 1 saturated carbocycles. The van der Waals surface area contributed by atoms with E-state index in [2.05, 4.69) is 0 Å². The minimum absolute atomic E-state index is 0.0839. The summed E-state index contributed by atoms with van der Waals surface area (Å²) in [4.78, 5) is 12.3. The van der Waals surface area contributed by atoms with Crippen molar-refractivity contribution in [3.63, 3.8) is 0 Å². The van der Waals surface area contributed by atoms with Crippen molar-refractivity contribution in [1.29, 1.82) is 0 Å². The number of ketones is 1. The fourth-order valence-electron chi connectivity index (χ4n) is 2.67. The normalized spacial score (nSPS) is 17.9. The van der Waals surface area contributed by atoms with Gasteiger partial charge in [0.2, 0.25) is 0 Å². The van der Waals surface area contributed by atoms with Gasteiger partial charge in [0.25, 0.3) is 0 Å². The highest BCUT2D eigenvalue weighted by Crippen LogP contribution is 2.38. The zero-order valence-electron chi connectivity index (χ0n) is 10.2. The fourth-order valence-corrected chi connectivity index (χ4v) is 2.79. The number of hydrogen-bond donors (Lipinski definition) is 1. The smallest absolute Gasteiger partial charge is 0.144 e. The predicted octanol–water partition coefficient (Wildman–Crippen LogP) is 3.11. The highest BCUT2D eigenvalue weighted by molar-refractivity contribution is 6.30. The first-order valence-corrected chi connectivity index (χ1v) is 6.62. The van der Waals surface area contributed by atoms with Gasteiger partial charge in [-0.2, -0.15) is 0 Å². The highest BCUT2D eigenvalue weighted by Gasteiger charge is 2.39. The average Bonchev–Trinajstić information content (AvgIpc) is 2.84. The zero-order chi connectivity index (χ0) is 13.2. The third-order valence-corrected chi connectivity index (χ3v) is 4.20. The van der Waals surface area contributed by atoms with Gasteiger partial charge in [0, 0.05) is 18.4 Å². The van der Waals surface area contributed by atoms with E-state index in [9.17, 15) is 9.18 Å². The van der Waals surface area contributed by atoms with Crippen LogP contribution in [0.15, 0.2) is 18.2 Å². The molecule has 2 nitrogen and oxygen atoms in total. The number of Topliss-reactive ketones (excluding diaryl/α,β-unsaturated/α-hetero) is 1. The minimum Gasteiger partial charge on any atom is -0.329 e. The molecule has 0 atom stereocenters. The first-order valence-electron chi connectivity index (χ1n) is 6.25. The van der Waals surface area contributed by atoms with Crippen LogP contribution in [-0.2, 0) is 11.2 Å². The Morgan fingerprint density at radius 3 is 2.61 bits per heavy atom. The molecule has 2 rings (SSSR count). The van der Waals surface area contributed by atoms with Crippen molar-refractivity contribution < 1.29 is 9.18 Å². The summed E-state index contributed by atoms with van der Waals surface area (Å²) in [6, 6.07) is 4.52. The quantitative estimate of drug-likeness (QED) is 0.913. The Hall–Kier alpha value is -0.930. The van der Waals surface area contributed by atoms with Gasteiger partial charge < -0.3 is 5.73 Å². The lowest BCUT2D eigenvalue weighted by atomic mass is 9.79.